The van der Waals surface area contributed by atoms with E-state index in [0.717, 1.165) is 19.3 Å². The molecule has 1 nitrogen and oxygen atoms in total. The topological polar surface area (TPSA) is 12.0 Å². The third-order valence-electron chi connectivity index (χ3n) is 4.55. The second kappa shape index (κ2) is 6.17. The van der Waals surface area contributed by atoms with Gasteiger partial charge in [0, 0.05) is 6.04 Å². The fourth-order valence-corrected chi connectivity index (χ4v) is 3.06. The average Bonchev–Trinajstić information content (AvgIpc) is 2.40. The van der Waals surface area contributed by atoms with Crippen LogP contribution >= 0.6 is 0 Å². The van der Waals surface area contributed by atoms with Crippen molar-refractivity contribution in [1.29, 1.82) is 0 Å². The van der Waals surface area contributed by atoms with Crippen molar-refractivity contribution >= 4 is 0 Å². The van der Waals surface area contributed by atoms with Gasteiger partial charge < -0.3 is 0 Å². The van der Waals surface area contributed by atoms with Gasteiger partial charge in [-0.1, -0.05) is 57.0 Å². The zero-order valence-corrected chi connectivity index (χ0v) is 12.0. The number of alkyl halides is 3. The van der Waals surface area contributed by atoms with Crippen LogP contribution < -0.4 is 5.32 Å². The number of rotatable bonds is 3. The highest BCUT2D eigenvalue weighted by molar-refractivity contribution is 5.20. The molecule has 20 heavy (non-hydrogen) atoms. The number of nitrogens with one attached hydrogen (secondary N) is 1. The molecular formula is C16H22F3N. The third kappa shape index (κ3) is 3.54. The second-order valence-corrected chi connectivity index (χ2v) is 5.93. The second-order valence-electron chi connectivity index (χ2n) is 5.93. The third-order valence-corrected chi connectivity index (χ3v) is 4.55. The van der Waals surface area contributed by atoms with Gasteiger partial charge in [0.25, 0.3) is 0 Å². The molecule has 1 saturated carbocycles. The van der Waals surface area contributed by atoms with Crippen molar-refractivity contribution in [2.45, 2.75) is 51.4 Å². The largest absolute Gasteiger partial charge is 0.407 e. The van der Waals surface area contributed by atoms with Gasteiger partial charge in [-0.2, -0.15) is 13.2 Å². The molecule has 0 aromatic heterocycles. The van der Waals surface area contributed by atoms with Gasteiger partial charge in [-0.15, -0.1) is 0 Å². The summed E-state index contributed by atoms with van der Waals surface area (Å²) >= 11 is 0. The molecule has 2 rings (SSSR count). The van der Waals surface area contributed by atoms with E-state index < -0.39 is 12.2 Å². The van der Waals surface area contributed by atoms with Gasteiger partial charge in [-0.3, -0.25) is 5.32 Å². The molecule has 1 fully saturated rings. The predicted molar refractivity (Wildman–Crippen MR) is 74.3 cm³/mol. The Morgan fingerprint density at radius 2 is 1.75 bits per heavy atom. The normalized spacial score (nSPS) is 29.1. The molecule has 4 atom stereocenters. The molecule has 0 heterocycles. The summed E-state index contributed by atoms with van der Waals surface area (Å²) in [5.74, 6) is 0.753. The predicted octanol–water partition coefficient (Wildman–Crippen LogP) is 4.70. The average molecular weight is 285 g/mol. The minimum Gasteiger partial charge on any atom is -0.299 e. The van der Waals surface area contributed by atoms with Crippen LogP contribution in [0.15, 0.2) is 30.3 Å². The van der Waals surface area contributed by atoms with Crippen LogP contribution in [-0.2, 0) is 0 Å². The maximum Gasteiger partial charge on any atom is 0.407 e. The van der Waals surface area contributed by atoms with Gasteiger partial charge in [-0.05, 0) is 23.8 Å². The van der Waals surface area contributed by atoms with Crippen LogP contribution in [-0.4, -0.2) is 12.2 Å². The Labute approximate surface area is 118 Å². The van der Waals surface area contributed by atoms with Crippen LogP contribution in [0.25, 0.3) is 0 Å². The fraction of sp³-hybridized carbons (Fsp3) is 0.625. The van der Waals surface area contributed by atoms with Gasteiger partial charge in [0.05, 0.1) is 0 Å². The molecule has 4 heteroatoms. The summed E-state index contributed by atoms with van der Waals surface area (Å²) in [7, 11) is 0. The SMILES string of the molecule is CC1CCCC(NC(c2ccccc2)C(F)(F)F)C1C. The quantitative estimate of drug-likeness (QED) is 0.848. The highest BCUT2D eigenvalue weighted by atomic mass is 19.4. The minimum atomic E-state index is -4.26. The van der Waals surface area contributed by atoms with Crippen LogP contribution in [0, 0.1) is 11.8 Å². The lowest BCUT2D eigenvalue weighted by Gasteiger charge is -2.37. The molecule has 1 aliphatic carbocycles. The van der Waals surface area contributed by atoms with Gasteiger partial charge >= 0.3 is 6.18 Å². The van der Waals surface area contributed by atoms with E-state index >= 15 is 0 Å². The smallest absolute Gasteiger partial charge is 0.299 e. The van der Waals surface area contributed by atoms with Gasteiger partial charge in [0.1, 0.15) is 6.04 Å². The number of hydrogen-bond donors (Lipinski definition) is 1. The molecular weight excluding hydrogens is 263 g/mol. The number of halogens is 3. The molecule has 1 N–H and O–H groups in total. The first-order valence-corrected chi connectivity index (χ1v) is 7.27. The molecule has 1 aromatic rings. The molecule has 1 aromatic carbocycles. The van der Waals surface area contributed by atoms with Crippen molar-refractivity contribution in [3.63, 3.8) is 0 Å². The van der Waals surface area contributed by atoms with Crippen molar-refractivity contribution in [3.8, 4) is 0 Å². The zero-order chi connectivity index (χ0) is 14.8. The van der Waals surface area contributed by atoms with E-state index in [0.29, 0.717) is 11.5 Å². The number of benzene rings is 1. The summed E-state index contributed by atoms with van der Waals surface area (Å²) in [6.07, 6.45) is -1.32. The van der Waals surface area contributed by atoms with E-state index in [1.807, 2.05) is 0 Å². The molecule has 112 valence electrons. The molecule has 0 amide bonds. The Hall–Kier alpha value is -1.03. The van der Waals surface area contributed by atoms with Crippen molar-refractivity contribution < 1.29 is 13.2 Å². The van der Waals surface area contributed by atoms with Crippen LogP contribution in [0.1, 0.15) is 44.7 Å². The first-order valence-electron chi connectivity index (χ1n) is 7.27. The molecule has 0 spiro atoms. The Bertz CT molecular complexity index is 415. The Morgan fingerprint density at radius 3 is 2.35 bits per heavy atom. The Balaban J connectivity index is 2.17. The summed E-state index contributed by atoms with van der Waals surface area (Å²) in [6, 6.07) is 6.50. The maximum atomic E-state index is 13.3. The molecule has 0 aliphatic heterocycles. The monoisotopic (exact) mass is 285 g/mol. The van der Waals surface area contributed by atoms with Crippen LogP contribution in [0.3, 0.4) is 0 Å². The standard InChI is InChI=1S/C16H22F3N/c1-11-7-6-10-14(12(11)2)20-15(16(17,18)19)13-8-4-3-5-9-13/h3-5,8-9,11-12,14-15,20H,6-7,10H2,1-2H3. The lowest BCUT2D eigenvalue weighted by Crippen LogP contribution is -2.46. The lowest BCUT2D eigenvalue weighted by molar-refractivity contribution is -0.161. The van der Waals surface area contributed by atoms with Crippen molar-refractivity contribution in [2.75, 3.05) is 0 Å². The first-order chi connectivity index (χ1) is 9.39. The molecule has 4 unspecified atom stereocenters. The summed E-state index contributed by atoms with van der Waals surface area (Å²) < 4.78 is 40.0. The lowest BCUT2D eigenvalue weighted by atomic mass is 9.77. The summed E-state index contributed by atoms with van der Waals surface area (Å²) in [6.45, 7) is 4.18. The summed E-state index contributed by atoms with van der Waals surface area (Å²) in [5, 5.41) is 2.87. The van der Waals surface area contributed by atoms with Crippen LogP contribution in [0.4, 0.5) is 13.2 Å². The van der Waals surface area contributed by atoms with Crippen molar-refractivity contribution in [1.82, 2.24) is 5.32 Å². The van der Waals surface area contributed by atoms with Gasteiger partial charge in [0.15, 0.2) is 0 Å². The van der Waals surface area contributed by atoms with E-state index in [2.05, 4.69) is 19.2 Å². The van der Waals surface area contributed by atoms with Gasteiger partial charge in [0.2, 0.25) is 0 Å². The van der Waals surface area contributed by atoms with Crippen LogP contribution in [0.2, 0.25) is 0 Å². The fourth-order valence-electron chi connectivity index (χ4n) is 3.06. The maximum absolute atomic E-state index is 13.3. The van der Waals surface area contributed by atoms with E-state index in [4.69, 9.17) is 0 Å². The molecule has 1 aliphatic rings. The van der Waals surface area contributed by atoms with E-state index in [-0.39, 0.29) is 12.0 Å². The first kappa shape index (κ1) is 15.4. The molecule has 0 bridgehead atoms. The number of hydrogen-bond acceptors (Lipinski definition) is 1. The van der Waals surface area contributed by atoms with E-state index in [1.165, 1.54) is 0 Å². The van der Waals surface area contributed by atoms with Gasteiger partial charge in [-0.25, -0.2) is 0 Å². The summed E-state index contributed by atoms with van der Waals surface area (Å²) in [5.41, 5.74) is 0.297. The molecule has 0 radical (unpaired) electrons. The highest BCUT2D eigenvalue weighted by Gasteiger charge is 2.43. The summed E-state index contributed by atoms with van der Waals surface area (Å²) in [4.78, 5) is 0. The Kier molecular flexibility index (Phi) is 4.74. The van der Waals surface area contributed by atoms with Crippen molar-refractivity contribution in [3.05, 3.63) is 35.9 Å². The van der Waals surface area contributed by atoms with Crippen molar-refractivity contribution in [2.24, 2.45) is 11.8 Å². The minimum absolute atomic E-state index is 0.0643. The Morgan fingerprint density at radius 1 is 1.10 bits per heavy atom. The van der Waals surface area contributed by atoms with E-state index in [9.17, 15) is 13.2 Å². The van der Waals surface area contributed by atoms with Crippen LogP contribution in [0.5, 0.6) is 0 Å². The molecule has 0 saturated heterocycles. The zero-order valence-electron chi connectivity index (χ0n) is 12.0. The van der Waals surface area contributed by atoms with E-state index in [1.54, 1.807) is 30.3 Å². The highest BCUT2D eigenvalue weighted by Crippen LogP contribution is 2.36.